The molecule has 5 heteroatoms. The highest BCUT2D eigenvalue weighted by Gasteiger charge is 2.09. The topological polar surface area (TPSA) is 59.6 Å². The van der Waals surface area contributed by atoms with E-state index in [1.54, 1.807) is 14.2 Å². The molecular formula is C20H26N2O3. The van der Waals surface area contributed by atoms with E-state index in [1.807, 2.05) is 42.5 Å². The number of hydrogen-bond donors (Lipinski definition) is 2. The number of aryl methyl sites for hydroxylation is 1. The van der Waals surface area contributed by atoms with Crippen LogP contribution in [0.15, 0.2) is 42.5 Å². The highest BCUT2D eigenvalue weighted by molar-refractivity contribution is 5.90. The number of benzene rings is 2. The number of rotatable bonds is 9. The summed E-state index contributed by atoms with van der Waals surface area (Å²) in [6, 6.07) is 13.5. The van der Waals surface area contributed by atoms with Crippen molar-refractivity contribution in [2.45, 2.75) is 26.3 Å². The summed E-state index contributed by atoms with van der Waals surface area (Å²) in [4.78, 5) is 12.3. The van der Waals surface area contributed by atoms with Gasteiger partial charge in [0, 0.05) is 18.7 Å². The summed E-state index contributed by atoms with van der Waals surface area (Å²) in [5.41, 5.74) is 2.92. The Morgan fingerprint density at radius 1 is 1.08 bits per heavy atom. The Bertz CT molecular complexity index is 701. The normalized spacial score (nSPS) is 10.4. The van der Waals surface area contributed by atoms with Crippen molar-refractivity contribution in [2.24, 2.45) is 0 Å². The predicted octanol–water partition coefficient (Wildman–Crippen LogP) is 3.38. The lowest BCUT2D eigenvalue weighted by Gasteiger charge is -2.11. The molecule has 2 rings (SSSR count). The minimum absolute atomic E-state index is 0.0227. The Hall–Kier alpha value is -2.53. The Balaban J connectivity index is 1.95. The average Bonchev–Trinajstić information content (AvgIpc) is 2.64. The minimum atomic E-state index is -0.0227. The molecule has 0 atom stereocenters. The highest BCUT2D eigenvalue weighted by Crippen LogP contribution is 2.25. The van der Waals surface area contributed by atoms with Crippen LogP contribution in [0.2, 0.25) is 0 Å². The molecule has 134 valence electrons. The van der Waals surface area contributed by atoms with Crippen molar-refractivity contribution in [3.05, 3.63) is 53.6 Å². The van der Waals surface area contributed by atoms with Crippen molar-refractivity contribution in [3.63, 3.8) is 0 Å². The van der Waals surface area contributed by atoms with Gasteiger partial charge in [-0.25, -0.2) is 0 Å². The Kier molecular flexibility index (Phi) is 7.29. The van der Waals surface area contributed by atoms with Crippen LogP contribution in [-0.4, -0.2) is 26.7 Å². The molecule has 1 amide bonds. The number of hydrogen-bond acceptors (Lipinski definition) is 4. The summed E-state index contributed by atoms with van der Waals surface area (Å²) < 4.78 is 10.6. The summed E-state index contributed by atoms with van der Waals surface area (Å²) in [6.45, 7) is 3.78. The number of carbonyl (C=O) groups excluding carboxylic acids is 1. The van der Waals surface area contributed by atoms with E-state index in [-0.39, 0.29) is 5.91 Å². The molecule has 2 aromatic carbocycles. The van der Waals surface area contributed by atoms with E-state index in [0.29, 0.717) is 12.8 Å². The Morgan fingerprint density at radius 2 is 1.92 bits per heavy atom. The smallest absolute Gasteiger partial charge is 0.224 e. The van der Waals surface area contributed by atoms with Crippen LogP contribution in [0.25, 0.3) is 0 Å². The van der Waals surface area contributed by atoms with Gasteiger partial charge in [0.25, 0.3) is 0 Å². The fraction of sp³-hybridized carbons (Fsp3) is 0.350. The van der Waals surface area contributed by atoms with E-state index in [0.717, 1.165) is 41.4 Å². The van der Waals surface area contributed by atoms with Crippen LogP contribution < -0.4 is 20.1 Å². The van der Waals surface area contributed by atoms with Crippen LogP contribution >= 0.6 is 0 Å². The average molecular weight is 342 g/mol. The molecule has 2 aromatic rings. The van der Waals surface area contributed by atoms with E-state index in [4.69, 9.17) is 9.47 Å². The zero-order valence-electron chi connectivity index (χ0n) is 15.1. The second-order valence-electron chi connectivity index (χ2n) is 5.71. The Morgan fingerprint density at radius 3 is 2.64 bits per heavy atom. The second-order valence-corrected chi connectivity index (χ2v) is 5.71. The summed E-state index contributed by atoms with van der Waals surface area (Å²) in [6.07, 6.45) is 0.963. The molecule has 2 N–H and O–H groups in total. The van der Waals surface area contributed by atoms with Crippen LogP contribution in [-0.2, 0) is 17.8 Å². The number of ether oxygens (including phenoxy) is 2. The van der Waals surface area contributed by atoms with E-state index in [1.165, 1.54) is 0 Å². The third kappa shape index (κ3) is 5.80. The third-order valence-electron chi connectivity index (χ3n) is 3.90. The third-order valence-corrected chi connectivity index (χ3v) is 3.90. The molecule has 0 unspecified atom stereocenters. The number of nitrogens with one attached hydrogen (secondary N) is 2. The molecular weight excluding hydrogens is 316 g/mol. The van der Waals surface area contributed by atoms with Crippen molar-refractivity contribution in [1.29, 1.82) is 0 Å². The molecule has 5 nitrogen and oxygen atoms in total. The largest absolute Gasteiger partial charge is 0.497 e. The van der Waals surface area contributed by atoms with Crippen molar-refractivity contribution in [2.75, 3.05) is 26.1 Å². The second kappa shape index (κ2) is 9.69. The minimum Gasteiger partial charge on any atom is -0.497 e. The van der Waals surface area contributed by atoms with Gasteiger partial charge in [0.1, 0.15) is 11.5 Å². The van der Waals surface area contributed by atoms with Gasteiger partial charge in [-0.05, 0) is 54.4 Å². The fourth-order valence-electron chi connectivity index (χ4n) is 2.58. The maximum atomic E-state index is 12.3. The van der Waals surface area contributed by atoms with Gasteiger partial charge < -0.3 is 20.1 Å². The van der Waals surface area contributed by atoms with Crippen LogP contribution in [0.3, 0.4) is 0 Å². The molecule has 0 spiro atoms. The molecule has 0 radical (unpaired) electrons. The van der Waals surface area contributed by atoms with Gasteiger partial charge in [-0.3, -0.25) is 4.79 Å². The van der Waals surface area contributed by atoms with Crippen LogP contribution in [0.4, 0.5) is 5.69 Å². The summed E-state index contributed by atoms with van der Waals surface area (Å²) in [5, 5.41) is 6.23. The molecule has 25 heavy (non-hydrogen) atoms. The summed E-state index contributed by atoms with van der Waals surface area (Å²) in [5.74, 6) is 1.50. The van der Waals surface area contributed by atoms with Crippen LogP contribution in [0.1, 0.15) is 24.5 Å². The van der Waals surface area contributed by atoms with Crippen molar-refractivity contribution >= 4 is 11.6 Å². The predicted molar refractivity (Wildman–Crippen MR) is 100 cm³/mol. The van der Waals surface area contributed by atoms with Crippen LogP contribution in [0.5, 0.6) is 11.5 Å². The first-order valence-electron chi connectivity index (χ1n) is 8.46. The number of methoxy groups -OCH3 is 2. The molecule has 0 fully saturated rings. The summed E-state index contributed by atoms with van der Waals surface area (Å²) >= 11 is 0. The van der Waals surface area contributed by atoms with Gasteiger partial charge in [-0.2, -0.15) is 0 Å². The SMILES string of the molecule is CCNCc1cccc(NC(=O)CCc2cc(OC)ccc2OC)c1. The lowest BCUT2D eigenvalue weighted by molar-refractivity contribution is -0.116. The molecule has 0 aromatic heterocycles. The zero-order chi connectivity index (χ0) is 18.1. The number of amides is 1. The van der Waals surface area contributed by atoms with Crippen LogP contribution in [0, 0.1) is 0 Å². The highest BCUT2D eigenvalue weighted by atomic mass is 16.5. The van der Waals surface area contributed by atoms with Gasteiger partial charge in [-0.15, -0.1) is 0 Å². The first-order chi connectivity index (χ1) is 12.2. The van der Waals surface area contributed by atoms with Gasteiger partial charge in [0.2, 0.25) is 5.91 Å². The van der Waals surface area contributed by atoms with E-state index < -0.39 is 0 Å². The van der Waals surface area contributed by atoms with Crippen molar-refractivity contribution in [1.82, 2.24) is 5.32 Å². The van der Waals surface area contributed by atoms with Crippen molar-refractivity contribution in [3.8, 4) is 11.5 Å². The first-order valence-corrected chi connectivity index (χ1v) is 8.46. The molecule has 0 heterocycles. The molecule has 0 saturated carbocycles. The zero-order valence-corrected chi connectivity index (χ0v) is 15.1. The first kappa shape index (κ1) is 18.8. The maximum Gasteiger partial charge on any atom is 0.224 e. The van der Waals surface area contributed by atoms with Gasteiger partial charge in [0.15, 0.2) is 0 Å². The molecule has 0 aliphatic carbocycles. The monoisotopic (exact) mass is 342 g/mol. The van der Waals surface area contributed by atoms with E-state index in [2.05, 4.69) is 17.6 Å². The van der Waals surface area contributed by atoms with E-state index >= 15 is 0 Å². The maximum absolute atomic E-state index is 12.3. The summed E-state index contributed by atoms with van der Waals surface area (Å²) in [7, 11) is 3.25. The number of anilines is 1. The molecule has 0 bridgehead atoms. The van der Waals surface area contributed by atoms with E-state index in [9.17, 15) is 4.79 Å². The van der Waals surface area contributed by atoms with Crippen molar-refractivity contribution < 1.29 is 14.3 Å². The van der Waals surface area contributed by atoms with Gasteiger partial charge >= 0.3 is 0 Å². The quantitative estimate of drug-likeness (QED) is 0.733. The van der Waals surface area contributed by atoms with Gasteiger partial charge in [0.05, 0.1) is 14.2 Å². The standard InChI is InChI=1S/C20H26N2O3/c1-4-21-14-15-6-5-7-17(12-15)22-20(23)11-8-16-13-18(24-2)9-10-19(16)25-3/h5-7,9-10,12-13,21H,4,8,11,14H2,1-3H3,(H,22,23). The fourth-order valence-corrected chi connectivity index (χ4v) is 2.58. The lowest BCUT2D eigenvalue weighted by Crippen LogP contribution is -2.14. The Labute approximate surface area is 149 Å². The van der Waals surface area contributed by atoms with Gasteiger partial charge in [-0.1, -0.05) is 19.1 Å². The molecule has 0 aliphatic heterocycles. The molecule has 0 aliphatic rings. The molecule has 0 saturated heterocycles. The number of carbonyl (C=O) groups is 1. The lowest BCUT2D eigenvalue weighted by atomic mass is 10.1.